The Hall–Kier alpha value is -2.49. The van der Waals surface area contributed by atoms with Crippen LogP contribution in [-0.2, 0) is 26.2 Å². The zero-order valence-electron chi connectivity index (χ0n) is 22.1. The van der Waals surface area contributed by atoms with Gasteiger partial charge in [-0.05, 0) is 62.2 Å². The van der Waals surface area contributed by atoms with Crippen LogP contribution < -0.4 is 9.62 Å². The van der Waals surface area contributed by atoms with Gasteiger partial charge in [-0.25, -0.2) is 8.42 Å². The number of sulfonamides is 1. The minimum Gasteiger partial charge on any atom is -0.352 e. The maximum atomic E-state index is 14.0. The molecule has 0 aromatic heterocycles. The van der Waals surface area contributed by atoms with E-state index in [1.165, 1.54) is 41.3 Å². The largest absolute Gasteiger partial charge is 0.352 e. The van der Waals surface area contributed by atoms with Crippen LogP contribution in [0.25, 0.3) is 0 Å². The van der Waals surface area contributed by atoms with Crippen LogP contribution in [0, 0.1) is 0 Å². The first-order chi connectivity index (χ1) is 18.9. The van der Waals surface area contributed by atoms with Crippen molar-refractivity contribution in [2.75, 3.05) is 10.8 Å². The molecule has 0 unspecified atom stereocenters. The number of halogens is 4. The van der Waals surface area contributed by atoms with Crippen LogP contribution in [0.3, 0.4) is 0 Å². The number of hydrogen-bond donors (Lipinski definition) is 1. The molecule has 7 nitrogen and oxygen atoms in total. The summed E-state index contributed by atoms with van der Waals surface area (Å²) in [6.07, 6.45) is 0.686. The Morgan fingerprint density at radius 2 is 1.57 bits per heavy atom. The second-order valence-electron chi connectivity index (χ2n) is 9.15. The third kappa shape index (κ3) is 7.62. The lowest BCUT2D eigenvalue weighted by atomic mass is 10.1. The lowest BCUT2D eigenvalue weighted by Gasteiger charge is -2.33. The van der Waals surface area contributed by atoms with Crippen LogP contribution in [0.15, 0.2) is 71.6 Å². The van der Waals surface area contributed by atoms with Gasteiger partial charge < -0.3 is 10.2 Å². The zero-order valence-corrected chi connectivity index (χ0v) is 25.9. The van der Waals surface area contributed by atoms with Gasteiger partial charge in [-0.2, -0.15) is 0 Å². The van der Waals surface area contributed by atoms with E-state index in [0.29, 0.717) is 22.0 Å². The summed E-state index contributed by atoms with van der Waals surface area (Å²) in [6, 6.07) is 15.9. The smallest absolute Gasteiger partial charge is 0.264 e. The molecule has 12 heteroatoms. The molecule has 1 N–H and O–H groups in total. The van der Waals surface area contributed by atoms with E-state index in [9.17, 15) is 18.0 Å². The first-order valence-electron chi connectivity index (χ1n) is 12.4. The molecule has 2 amide bonds. The first-order valence-corrected chi connectivity index (χ1v) is 15.4. The highest BCUT2D eigenvalue weighted by Gasteiger charge is 2.34. The Bertz CT molecular complexity index is 1470. The number of benzene rings is 3. The molecule has 0 radical (unpaired) electrons. The van der Waals surface area contributed by atoms with Crippen molar-refractivity contribution < 1.29 is 18.0 Å². The molecule has 0 bridgehead atoms. The quantitative estimate of drug-likeness (QED) is 0.248. The second-order valence-corrected chi connectivity index (χ2v) is 12.6. The summed E-state index contributed by atoms with van der Waals surface area (Å²) < 4.78 is 28.6. The maximum absolute atomic E-state index is 14.0. The van der Waals surface area contributed by atoms with Crippen molar-refractivity contribution in [1.29, 1.82) is 0 Å². The van der Waals surface area contributed by atoms with Crippen molar-refractivity contribution in [2.24, 2.45) is 0 Å². The van der Waals surface area contributed by atoms with Crippen molar-refractivity contribution in [3.63, 3.8) is 0 Å². The van der Waals surface area contributed by atoms with Crippen LogP contribution in [0.4, 0.5) is 5.69 Å². The molecule has 0 aliphatic carbocycles. The topological polar surface area (TPSA) is 86.8 Å². The number of nitrogens with zero attached hydrogens (tertiary/aromatic N) is 2. The molecule has 3 rings (SSSR count). The van der Waals surface area contributed by atoms with Crippen LogP contribution in [0.1, 0.15) is 32.8 Å². The maximum Gasteiger partial charge on any atom is 0.264 e. The number of carbonyl (C=O) groups is 2. The highest BCUT2D eigenvalue weighted by atomic mass is 35.5. The minimum absolute atomic E-state index is 0.0209. The predicted octanol–water partition coefficient (Wildman–Crippen LogP) is 6.83. The molecule has 0 heterocycles. The summed E-state index contributed by atoms with van der Waals surface area (Å²) in [4.78, 5) is 28.3. The molecule has 0 fully saturated rings. The van der Waals surface area contributed by atoms with E-state index in [0.717, 1.165) is 4.31 Å². The molecular weight excluding hydrogens is 616 g/mol. The van der Waals surface area contributed by atoms with E-state index in [4.69, 9.17) is 46.4 Å². The molecular formula is C28H29Cl4N3O4S. The summed E-state index contributed by atoms with van der Waals surface area (Å²) >= 11 is 25.1. The van der Waals surface area contributed by atoms with Crippen molar-refractivity contribution in [3.8, 4) is 0 Å². The Labute approximate surface area is 255 Å². The van der Waals surface area contributed by atoms with Gasteiger partial charge in [0.15, 0.2) is 0 Å². The molecule has 0 saturated heterocycles. The van der Waals surface area contributed by atoms with E-state index in [-0.39, 0.29) is 33.2 Å². The summed E-state index contributed by atoms with van der Waals surface area (Å²) in [5, 5.41) is 3.66. The van der Waals surface area contributed by atoms with Gasteiger partial charge in [0.2, 0.25) is 11.8 Å². The number of rotatable bonds is 11. The number of nitrogens with one attached hydrogen (secondary N) is 1. The fourth-order valence-corrected chi connectivity index (χ4v) is 6.16. The molecule has 0 saturated carbocycles. The number of hydrogen-bond acceptors (Lipinski definition) is 4. The lowest BCUT2D eigenvalue weighted by Crippen LogP contribution is -2.52. The van der Waals surface area contributed by atoms with E-state index < -0.39 is 34.4 Å². The average Bonchev–Trinajstić information content (AvgIpc) is 2.92. The van der Waals surface area contributed by atoms with E-state index in [1.54, 1.807) is 37.3 Å². The van der Waals surface area contributed by atoms with Crippen molar-refractivity contribution >= 4 is 73.9 Å². The highest BCUT2D eigenvalue weighted by Crippen LogP contribution is 2.35. The molecule has 214 valence electrons. The third-order valence-electron chi connectivity index (χ3n) is 6.33. The molecule has 0 aliphatic heterocycles. The van der Waals surface area contributed by atoms with Gasteiger partial charge in [-0.1, -0.05) is 83.7 Å². The fraction of sp³-hybridized carbons (Fsp3) is 0.286. The lowest BCUT2D eigenvalue weighted by molar-refractivity contribution is -0.139. The summed E-state index contributed by atoms with van der Waals surface area (Å²) in [5.41, 5.74) is 0.549. The number of carbonyl (C=O) groups excluding carboxylic acids is 2. The van der Waals surface area contributed by atoms with Crippen LogP contribution >= 0.6 is 46.4 Å². The van der Waals surface area contributed by atoms with E-state index >= 15 is 0 Å². The Morgan fingerprint density at radius 1 is 0.900 bits per heavy atom. The molecule has 2 atom stereocenters. The van der Waals surface area contributed by atoms with Gasteiger partial charge in [0.05, 0.1) is 20.6 Å². The summed E-state index contributed by atoms with van der Waals surface area (Å²) in [7, 11) is -4.28. The van der Waals surface area contributed by atoms with Crippen LogP contribution in [0.2, 0.25) is 20.1 Å². The first kappa shape index (κ1) is 32.0. The minimum atomic E-state index is -4.28. The number of anilines is 1. The fourth-order valence-electron chi connectivity index (χ4n) is 3.80. The van der Waals surface area contributed by atoms with Gasteiger partial charge >= 0.3 is 0 Å². The van der Waals surface area contributed by atoms with Gasteiger partial charge in [0.25, 0.3) is 10.0 Å². The van der Waals surface area contributed by atoms with Crippen molar-refractivity contribution in [1.82, 2.24) is 10.2 Å². The van der Waals surface area contributed by atoms with E-state index in [1.807, 2.05) is 13.8 Å². The van der Waals surface area contributed by atoms with Gasteiger partial charge in [-0.15, -0.1) is 0 Å². The molecule has 3 aromatic carbocycles. The predicted molar refractivity (Wildman–Crippen MR) is 162 cm³/mol. The van der Waals surface area contributed by atoms with Crippen LogP contribution in [-0.4, -0.2) is 43.8 Å². The Morgan fingerprint density at radius 3 is 2.20 bits per heavy atom. The number of amides is 2. The van der Waals surface area contributed by atoms with Gasteiger partial charge in [0, 0.05) is 22.6 Å². The standard InChI is InChI=1S/C28H29Cl4N3O4S/c1-4-18(2)33-28(37)19(3)34(16-20-13-14-21(29)15-24(20)31)26(36)17-35(25-12-8-11-23(30)27(25)32)40(38,39)22-9-6-5-7-10-22/h5-15,18-19H,4,16-17H2,1-3H3,(H,33,37)/t18-,19-/m0/s1. The zero-order chi connectivity index (χ0) is 29.6. The highest BCUT2D eigenvalue weighted by molar-refractivity contribution is 7.92. The van der Waals surface area contributed by atoms with Gasteiger partial charge in [0.1, 0.15) is 12.6 Å². The molecule has 0 spiro atoms. The Kier molecular flexibility index (Phi) is 11.1. The van der Waals surface area contributed by atoms with Crippen molar-refractivity contribution in [3.05, 3.63) is 92.4 Å². The monoisotopic (exact) mass is 643 g/mol. The summed E-state index contributed by atoms with van der Waals surface area (Å²) in [6.45, 7) is 4.60. The van der Waals surface area contributed by atoms with Crippen LogP contribution in [0.5, 0.6) is 0 Å². The molecule has 3 aromatic rings. The second kappa shape index (κ2) is 13.9. The van der Waals surface area contributed by atoms with Gasteiger partial charge in [-0.3, -0.25) is 13.9 Å². The summed E-state index contributed by atoms with van der Waals surface area (Å²) in [5.74, 6) is -1.06. The molecule has 40 heavy (non-hydrogen) atoms. The molecule has 0 aliphatic rings. The van der Waals surface area contributed by atoms with E-state index in [2.05, 4.69) is 5.32 Å². The third-order valence-corrected chi connectivity index (χ3v) is 9.50. The normalized spacial score (nSPS) is 12.9. The Balaban J connectivity index is 2.08. The average molecular weight is 645 g/mol. The SMILES string of the molecule is CC[C@H](C)NC(=O)[C@H](C)N(Cc1ccc(Cl)cc1Cl)C(=O)CN(c1cccc(Cl)c1Cl)S(=O)(=O)c1ccccc1. The van der Waals surface area contributed by atoms with Crippen molar-refractivity contribution in [2.45, 2.75) is 50.7 Å².